The molecule has 0 aliphatic carbocycles. The largest absolute Gasteiger partial charge is 0.378 e. The molecule has 0 unspecified atom stereocenters. The lowest BCUT2D eigenvalue weighted by Crippen LogP contribution is -2.38. The monoisotopic (exact) mass is 1140 g/mol. The molecule has 1 fully saturated rings. The Hall–Kier alpha value is -3.80. The lowest BCUT2D eigenvalue weighted by atomic mass is 10.2. The Kier molecular flexibility index (Phi) is 26.8. The molecule has 0 radical (unpaired) electrons. The highest BCUT2D eigenvalue weighted by Gasteiger charge is 2.28. The summed E-state index contributed by atoms with van der Waals surface area (Å²) in [6.07, 6.45) is 0. The summed E-state index contributed by atoms with van der Waals surface area (Å²) < 4.78 is 162. The van der Waals surface area contributed by atoms with Crippen molar-refractivity contribution in [3.63, 3.8) is 0 Å². The molecule has 1 aliphatic rings. The highest BCUT2D eigenvalue weighted by Crippen LogP contribution is 2.20. The number of hydrogen-bond acceptors (Lipinski definition) is 16. The van der Waals surface area contributed by atoms with E-state index in [0.717, 1.165) is 22.3 Å². The molecular formula is C52H76N4O16S4. The average molecular weight is 1140 g/mol. The van der Waals surface area contributed by atoms with E-state index in [1.165, 1.54) is 17.2 Å². The highest BCUT2D eigenvalue weighted by atomic mass is 32.2. The van der Waals surface area contributed by atoms with Gasteiger partial charge in [-0.05, 0) is 76.2 Å². The number of aryl methyl sites for hydroxylation is 4. The van der Waals surface area contributed by atoms with Gasteiger partial charge in [0.05, 0.1) is 125 Å². The van der Waals surface area contributed by atoms with Crippen LogP contribution in [0.25, 0.3) is 0 Å². The number of sulfonamides is 4. The van der Waals surface area contributed by atoms with E-state index in [-0.39, 0.29) is 178 Å². The fraction of sp³-hybridized carbons (Fsp3) is 0.538. The second kappa shape index (κ2) is 32.3. The van der Waals surface area contributed by atoms with Crippen LogP contribution in [0.5, 0.6) is 0 Å². The second-order valence-corrected chi connectivity index (χ2v) is 25.5. The fourth-order valence-corrected chi connectivity index (χ4v) is 13.1. The van der Waals surface area contributed by atoms with Gasteiger partial charge in [-0.15, -0.1) is 0 Å². The summed E-state index contributed by atoms with van der Waals surface area (Å²) in [5.74, 6) is 0. The van der Waals surface area contributed by atoms with E-state index in [1.54, 1.807) is 97.1 Å². The lowest BCUT2D eigenvalue weighted by molar-refractivity contribution is 0.0238. The Morgan fingerprint density at radius 1 is 0.237 bits per heavy atom. The molecule has 0 N–H and O–H groups in total. The van der Waals surface area contributed by atoms with Crippen LogP contribution < -0.4 is 0 Å². The molecule has 0 bridgehead atoms. The molecule has 24 heteroatoms. The van der Waals surface area contributed by atoms with Gasteiger partial charge >= 0.3 is 0 Å². The Morgan fingerprint density at radius 2 is 0.368 bits per heavy atom. The van der Waals surface area contributed by atoms with Crippen LogP contribution in [-0.2, 0) is 78.0 Å². The number of ether oxygens (including phenoxy) is 8. The number of benzene rings is 4. The molecule has 5 rings (SSSR count). The van der Waals surface area contributed by atoms with Gasteiger partial charge in [-0.3, -0.25) is 0 Å². The van der Waals surface area contributed by atoms with Gasteiger partial charge in [-0.25, -0.2) is 33.7 Å². The summed E-state index contributed by atoms with van der Waals surface area (Å²) in [5.41, 5.74) is 3.63. The quantitative estimate of drug-likeness (QED) is 0.242. The maximum Gasteiger partial charge on any atom is 0.243 e. The van der Waals surface area contributed by atoms with Crippen LogP contribution in [0, 0.1) is 27.7 Å². The zero-order chi connectivity index (χ0) is 54.9. The van der Waals surface area contributed by atoms with Gasteiger partial charge in [0.1, 0.15) is 0 Å². The highest BCUT2D eigenvalue weighted by molar-refractivity contribution is 7.90. The van der Waals surface area contributed by atoms with Crippen molar-refractivity contribution in [2.45, 2.75) is 47.3 Å². The van der Waals surface area contributed by atoms with E-state index in [2.05, 4.69) is 0 Å². The van der Waals surface area contributed by atoms with E-state index in [0.29, 0.717) is 0 Å². The predicted molar refractivity (Wildman–Crippen MR) is 286 cm³/mol. The van der Waals surface area contributed by atoms with Crippen LogP contribution in [0.4, 0.5) is 0 Å². The zero-order valence-corrected chi connectivity index (χ0v) is 47.4. The van der Waals surface area contributed by atoms with Crippen LogP contribution in [0.3, 0.4) is 0 Å². The van der Waals surface area contributed by atoms with Crippen molar-refractivity contribution in [1.82, 2.24) is 17.2 Å². The first-order chi connectivity index (χ1) is 36.4. The van der Waals surface area contributed by atoms with Gasteiger partial charge in [0.15, 0.2) is 0 Å². The van der Waals surface area contributed by atoms with Crippen molar-refractivity contribution in [3.8, 4) is 0 Å². The molecule has 4 aromatic carbocycles. The third-order valence-electron chi connectivity index (χ3n) is 12.0. The van der Waals surface area contributed by atoms with E-state index >= 15 is 0 Å². The van der Waals surface area contributed by atoms with Crippen molar-refractivity contribution in [3.05, 3.63) is 119 Å². The zero-order valence-electron chi connectivity index (χ0n) is 44.2. The summed E-state index contributed by atoms with van der Waals surface area (Å²) in [6, 6.07) is 26.2. The second-order valence-electron chi connectivity index (χ2n) is 17.8. The number of rotatable bonds is 8. The van der Waals surface area contributed by atoms with Crippen LogP contribution in [0.1, 0.15) is 22.3 Å². The van der Waals surface area contributed by atoms with Gasteiger partial charge in [0, 0.05) is 52.4 Å². The molecular weight excluding hydrogens is 1060 g/mol. The Morgan fingerprint density at radius 3 is 0.500 bits per heavy atom. The van der Waals surface area contributed by atoms with Crippen molar-refractivity contribution in [2.75, 3.05) is 158 Å². The molecule has 76 heavy (non-hydrogen) atoms. The Bertz CT molecular complexity index is 2330. The summed E-state index contributed by atoms with van der Waals surface area (Å²) in [5, 5.41) is 0. The van der Waals surface area contributed by atoms with E-state index in [9.17, 15) is 33.7 Å². The smallest absolute Gasteiger partial charge is 0.243 e. The third-order valence-corrected chi connectivity index (χ3v) is 19.7. The normalized spacial score (nSPS) is 19.4. The SMILES string of the molecule is Cc1ccc(S(=O)(=O)N2CCOCCOCCN(S(=O)(=O)c3ccc(C)cc3)CCOCCOCCN(S(=O)(=O)c3ccc(C)cc3)CCOCCOCCN(S(=O)(=O)c3ccc(C)cc3)CCOCCOCC2)cc1. The molecule has 0 amide bonds. The predicted octanol–water partition coefficient (Wildman–Crippen LogP) is 4.13. The molecule has 0 atom stereocenters. The summed E-state index contributed by atoms with van der Waals surface area (Å²) in [7, 11) is -15.7. The molecule has 0 saturated carbocycles. The fourth-order valence-electron chi connectivity index (χ4n) is 7.46. The minimum atomic E-state index is -3.93. The van der Waals surface area contributed by atoms with E-state index in [4.69, 9.17) is 37.9 Å². The first kappa shape index (κ1) is 63.0. The minimum Gasteiger partial charge on any atom is -0.378 e. The third kappa shape index (κ3) is 20.5. The van der Waals surface area contributed by atoms with Crippen molar-refractivity contribution in [1.29, 1.82) is 0 Å². The van der Waals surface area contributed by atoms with Crippen molar-refractivity contribution in [2.24, 2.45) is 0 Å². The molecule has 20 nitrogen and oxygen atoms in total. The van der Waals surface area contributed by atoms with Gasteiger partial charge in [-0.2, -0.15) is 17.2 Å². The van der Waals surface area contributed by atoms with Crippen LogP contribution in [-0.4, -0.2) is 209 Å². The molecule has 424 valence electrons. The van der Waals surface area contributed by atoms with Crippen LogP contribution in [0.2, 0.25) is 0 Å². The molecule has 0 spiro atoms. The molecule has 1 aliphatic heterocycles. The minimum absolute atomic E-state index is 0.0140. The number of hydrogen-bond donors (Lipinski definition) is 0. The molecule has 1 heterocycles. The maximum absolute atomic E-state index is 13.8. The molecule has 1 saturated heterocycles. The van der Waals surface area contributed by atoms with Crippen LogP contribution >= 0.6 is 0 Å². The standard InChI is InChI=1S/C52H76N4O16S4/c1-45-5-13-49(14-6-45)73(57,58)53-21-29-65-37-39-67-31-23-54(74(59,60)50-15-7-46(2)8-16-50)25-33-69-41-43-71-35-27-56(76(63,64)52-19-11-48(4)12-20-52)28-36-72-44-42-70-34-26-55(24-32-68-40-38-66-30-22-53)75(61,62)51-17-9-47(3)10-18-51/h5-20H,21-44H2,1-4H3. The van der Waals surface area contributed by atoms with Gasteiger partial charge < -0.3 is 37.9 Å². The molecule has 0 aromatic heterocycles. The average Bonchev–Trinajstić information content (AvgIpc) is 3.39. The topological polar surface area (TPSA) is 223 Å². The van der Waals surface area contributed by atoms with E-state index < -0.39 is 40.1 Å². The Balaban J connectivity index is 1.23. The van der Waals surface area contributed by atoms with Gasteiger partial charge in [0.25, 0.3) is 0 Å². The summed E-state index contributed by atoms with van der Waals surface area (Å²) in [6.45, 7) is 8.79. The van der Waals surface area contributed by atoms with Crippen LogP contribution in [0.15, 0.2) is 117 Å². The van der Waals surface area contributed by atoms with E-state index in [1.807, 2.05) is 27.7 Å². The van der Waals surface area contributed by atoms with Crippen molar-refractivity contribution >= 4 is 40.1 Å². The first-order valence-corrected chi connectivity index (χ1v) is 31.1. The van der Waals surface area contributed by atoms with Gasteiger partial charge in [0.2, 0.25) is 40.1 Å². The Labute approximate surface area is 451 Å². The molecule has 4 aromatic rings. The summed E-state index contributed by atoms with van der Waals surface area (Å²) in [4.78, 5) is 0.494. The number of nitrogens with zero attached hydrogens (tertiary/aromatic N) is 4. The first-order valence-electron chi connectivity index (χ1n) is 25.3. The van der Waals surface area contributed by atoms with Crippen molar-refractivity contribution < 1.29 is 71.6 Å². The lowest BCUT2D eigenvalue weighted by Gasteiger charge is -2.23. The summed E-state index contributed by atoms with van der Waals surface area (Å²) >= 11 is 0. The van der Waals surface area contributed by atoms with Gasteiger partial charge in [-0.1, -0.05) is 70.8 Å². The maximum atomic E-state index is 13.8.